The Hall–Kier alpha value is -0.800. The summed E-state index contributed by atoms with van der Waals surface area (Å²) in [5.74, 6) is -0.538. The van der Waals surface area contributed by atoms with E-state index in [1.165, 1.54) is 40.5 Å². The summed E-state index contributed by atoms with van der Waals surface area (Å²) >= 11 is -3.58. The number of hydrogen-bond acceptors (Lipinski definition) is 0. The van der Waals surface area contributed by atoms with E-state index in [2.05, 4.69) is 62.0 Å². The minimum atomic E-state index is -3.58. The first-order chi connectivity index (χ1) is 13.9. The van der Waals surface area contributed by atoms with Gasteiger partial charge in [-0.25, -0.2) is 0 Å². The second-order valence-electron chi connectivity index (χ2n) is 10.1. The fraction of sp³-hybridized carbons (Fsp3) is 0.308. The molecule has 2 aliphatic rings. The Morgan fingerprint density at radius 3 is 1.94 bits per heavy atom. The van der Waals surface area contributed by atoms with Gasteiger partial charge in [-0.1, -0.05) is 0 Å². The molecule has 0 aliphatic heterocycles. The van der Waals surface area contributed by atoms with Crippen LogP contribution >= 0.6 is 24.8 Å². The van der Waals surface area contributed by atoms with E-state index in [9.17, 15) is 8.78 Å². The molecule has 6 heteroatoms. The van der Waals surface area contributed by atoms with Crippen LogP contribution < -0.4 is 0 Å². The van der Waals surface area contributed by atoms with Crippen LogP contribution in [0.3, 0.4) is 0 Å². The van der Waals surface area contributed by atoms with Crippen LogP contribution in [0.15, 0.2) is 68.5 Å². The van der Waals surface area contributed by atoms with Crippen molar-refractivity contribution in [2.75, 3.05) is 0 Å². The minimum Gasteiger partial charge on any atom is -0.147 e. The minimum absolute atomic E-state index is 0. The maximum Gasteiger partial charge on any atom is -0.147 e. The molecule has 172 valence electrons. The van der Waals surface area contributed by atoms with Crippen molar-refractivity contribution in [3.63, 3.8) is 0 Å². The van der Waals surface area contributed by atoms with Gasteiger partial charge in [0.2, 0.25) is 0 Å². The fourth-order valence-electron chi connectivity index (χ4n) is 5.96. The number of halogens is 4. The second-order valence-corrected chi connectivity index (χ2v) is 39.7. The molecule has 2 unspecified atom stereocenters. The smallest absolute Gasteiger partial charge is 0.147 e. The Labute approximate surface area is 205 Å². The molecular formula is C26H32Cl2F2SiZr. The van der Waals surface area contributed by atoms with Gasteiger partial charge in [-0.3, -0.25) is 0 Å². The molecule has 0 bridgehead atoms. The summed E-state index contributed by atoms with van der Waals surface area (Å²) < 4.78 is 36.4. The average molecular weight is 573 g/mol. The molecule has 0 radical (unpaired) electrons. The van der Waals surface area contributed by atoms with Crippen LogP contribution in [0.4, 0.5) is 8.78 Å². The molecule has 2 aliphatic carbocycles. The molecule has 0 aromatic heterocycles. The Bertz CT molecular complexity index is 1230. The van der Waals surface area contributed by atoms with Gasteiger partial charge in [-0.2, -0.15) is 0 Å². The van der Waals surface area contributed by atoms with Gasteiger partial charge in [-0.15, -0.1) is 24.8 Å². The summed E-state index contributed by atoms with van der Waals surface area (Å²) in [5, 5.41) is 0. The Morgan fingerprint density at radius 2 is 1.41 bits per heavy atom. The zero-order valence-corrected chi connectivity index (χ0v) is 25.1. The third kappa shape index (κ3) is 4.00. The largest absolute Gasteiger partial charge is 0.147 e. The van der Waals surface area contributed by atoms with Crippen LogP contribution in [0, 0.1) is 17.6 Å². The summed E-state index contributed by atoms with van der Waals surface area (Å²) in [7, 11) is 0. The van der Waals surface area contributed by atoms with Crippen molar-refractivity contribution < 1.29 is 26.2 Å². The van der Waals surface area contributed by atoms with Crippen molar-refractivity contribution >= 4 is 37.3 Å². The summed E-state index contributed by atoms with van der Waals surface area (Å²) in [4.78, 5) is 0. The second kappa shape index (κ2) is 9.10. The van der Waals surface area contributed by atoms with E-state index in [0.29, 0.717) is 11.5 Å². The van der Waals surface area contributed by atoms with E-state index in [-0.39, 0.29) is 34.0 Å². The van der Waals surface area contributed by atoms with E-state index < -0.39 is 29.0 Å². The van der Waals surface area contributed by atoms with E-state index in [4.69, 9.17) is 0 Å². The van der Waals surface area contributed by atoms with E-state index in [0.717, 1.165) is 5.56 Å². The molecule has 0 nitrogen and oxygen atoms in total. The van der Waals surface area contributed by atoms with Crippen molar-refractivity contribution in [2.45, 2.75) is 40.6 Å². The number of allylic oxidation sites excluding steroid dienone is 5. The van der Waals surface area contributed by atoms with E-state index in [1.54, 1.807) is 3.28 Å². The first-order valence-electron chi connectivity index (χ1n) is 10.7. The van der Waals surface area contributed by atoms with Crippen LogP contribution in [0.2, 0.25) is 9.26 Å². The summed E-state index contributed by atoms with van der Waals surface area (Å²) in [6.45, 7) is 11.3. The summed E-state index contributed by atoms with van der Waals surface area (Å²) in [6, 6.07) is 12.4. The summed E-state index contributed by atoms with van der Waals surface area (Å²) in [5.41, 5.74) is 7.37. The fourth-order valence-corrected chi connectivity index (χ4v) is 24.5. The zero-order valence-electron chi connectivity index (χ0n) is 19.6. The van der Waals surface area contributed by atoms with Crippen LogP contribution in [0.1, 0.15) is 48.0 Å². The number of hydrogen-bond donors (Lipinski definition) is 0. The maximum atomic E-state index is 14.8. The standard InChI is InChI=1S/C15H9F2.C9H13.2CH3.2ClH.H2Si.Zr/c16-13-6-3-7-14(17)15(13)12-9-8-10-4-1-2-5-11(10)12;1-6-5-7(2)9(4)8(6)3;;;;;;/h1-9H;6H,1-4H3;2*1H3;2*1H;1H2;. The van der Waals surface area contributed by atoms with Gasteiger partial charge in [-0.05, 0) is 0 Å². The van der Waals surface area contributed by atoms with Crippen LogP contribution in [-0.2, 0) is 17.4 Å². The predicted octanol–water partition coefficient (Wildman–Crippen LogP) is 7.89. The molecule has 0 saturated carbocycles. The van der Waals surface area contributed by atoms with E-state index >= 15 is 0 Å². The van der Waals surface area contributed by atoms with Gasteiger partial charge >= 0.3 is 182 Å². The topological polar surface area (TPSA) is 0 Å². The maximum absolute atomic E-state index is 14.8. The zero-order chi connectivity index (χ0) is 22.0. The SMILES string of the molecule is CC1=C(C)C(C)[C]([Zr]([CH3])([CH3])(=[SiH2])[CH]2C=C(c3c(F)cccc3F)c3ccccc32)=C1C.Cl.Cl. The van der Waals surface area contributed by atoms with Gasteiger partial charge in [0.1, 0.15) is 0 Å². The molecule has 4 rings (SSSR count). The first kappa shape index (κ1) is 27.4. The van der Waals surface area contributed by atoms with Crippen LogP contribution in [-0.4, -0.2) is 6.88 Å². The van der Waals surface area contributed by atoms with Crippen molar-refractivity contribution in [1.29, 1.82) is 0 Å². The molecule has 0 spiro atoms. The average Bonchev–Trinajstić information content (AvgIpc) is 3.15. The number of benzene rings is 2. The molecule has 0 heterocycles. The first-order valence-corrected chi connectivity index (χ1v) is 24.1. The Kier molecular flexibility index (Phi) is 7.80. The normalized spacial score (nSPS) is 20.6. The molecule has 32 heavy (non-hydrogen) atoms. The van der Waals surface area contributed by atoms with Gasteiger partial charge in [0.15, 0.2) is 0 Å². The van der Waals surface area contributed by atoms with Crippen molar-refractivity contribution in [1.82, 2.24) is 0 Å². The number of rotatable bonds is 3. The molecule has 0 N–H and O–H groups in total. The van der Waals surface area contributed by atoms with Crippen molar-refractivity contribution in [3.8, 4) is 0 Å². The molecule has 0 amide bonds. The predicted molar refractivity (Wildman–Crippen MR) is 138 cm³/mol. The molecule has 0 saturated heterocycles. The van der Waals surface area contributed by atoms with Crippen LogP contribution in [0.25, 0.3) is 5.57 Å². The number of fused-ring (bicyclic) bond motifs is 1. The molecule has 2 atom stereocenters. The third-order valence-electron chi connectivity index (χ3n) is 7.67. The Balaban J connectivity index is 0.00000181. The van der Waals surface area contributed by atoms with Gasteiger partial charge < -0.3 is 0 Å². The van der Waals surface area contributed by atoms with Gasteiger partial charge in [0.05, 0.1) is 0 Å². The Morgan fingerprint density at radius 1 is 0.844 bits per heavy atom. The quantitative estimate of drug-likeness (QED) is 0.328. The molecule has 2 aromatic rings. The van der Waals surface area contributed by atoms with Crippen molar-refractivity contribution in [2.24, 2.45) is 5.92 Å². The molecule has 0 fully saturated rings. The van der Waals surface area contributed by atoms with Gasteiger partial charge in [0.25, 0.3) is 0 Å². The van der Waals surface area contributed by atoms with Crippen LogP contribution in [0.5, 0.6) is 0 Å². The summed E-state index contributed by atoms with van der Waals surface area (Å²) in [6.07, 6.45) is 2.19. The molecular weight excluding hydrogens is 540 g/mol. The monoisotopic (exact) mass is 570 g/mol. The van der Waals surface area contributed by atoms with Gasteiger partial charge in [0, 0.05) is 0 Å². The van der Waals surface area contributed by atoms with Crippen molar-refractivity contribution in [3.05, 3.63) is 96.9 Å². The molecule has 2 aromatic carbocycles. The third-order valence-corrected chi connectivity index (χ3v) is 24.9. The van der Waals surface area contributed by atoms with E-state index in [1.807, 2.05) is 12.1 Å².